The summed E-state index contributed by atoms with van der Waals surface area (Å²) in [6.07, 6.45) is 0.461. The standard InChI is InChI=1S/C19H22N2O6S/c1-13-4-6-15(7-5-13)12-14(2)18(19(22)27-3)20-28(25,26)17-10-8-16(9-11-17)21(23)24/h4-11,14,18,20H,12H2,1-3H3/t14-,18-/m0/s1. The Morgan fingerprint density at radius 2 is 1.71 bits per heavy atom. The number of nitrogens with one attached hydrogen (secondary N) is 1. The number of carbonyl (C=O) groups excluding carboxylic acids is 1. The number of carbonyl (C=O) groups is 1. The Labute approximate surface area is 163 Å². The lowest BCUT2D eigenvalue weighted by molar-refractivity contribution is -0.384. The Kier molecular flexibility index (Phi) is 6.87. The maximum absolute atomic E-state index is 12.7. The van der Waals surface area contributed by atoms with Crippen molar-refractivity contribution in [2.75, 3.05) is 7.11 Å². The van der Waals surface area contributed by atoms with E-state index in [1.807, 2.05) is 31.2 Å². The maximum Gasteiger partial charge on any atom is 0.324 e. The zero-order chi connectivity index (χ0) is 20.9. The lowest BCUT2D eigenvalue weighted by Gasteiger charge is -2.23. The molecule has 0 aliphatic rings. The predicted octanol–water partition coefficient (Wildman–Crippen LogP) is 2.60. The third kappa shape index (κ3) is 5.37. The number of rotatable bonds is 8. The quantitative estimate of drug-likeness (QED) is 0.409. The van der Waals surface area contributed by atoms with Crippen molar-refractivity contribution >= 4 is 21.7 Å². The van der Waals surface area contributed by atoms with Gasteiger partial charge in [-0.1, -0.05) is 36.8 Å². The van der Waals surface area contributed by atoms with Crippen LogP contribution < -0.4 is 4.72 Å². The monoisotopic (exact) mass is 406 g/mol. The molecule has 0 aromatic heterocycles. The number of nitro benzene ring substituents is 1. The summed E-state index contributed by atoms with van der Waals surface area (Å²) in [4.78, 5) is 22.2. The number of nitro groups is 1. The smallest absolute Gasteiger partial charge is 0.324 e. The second kappa shape index (κ2) is 8.94. The summed E-state index contributed by atoms with van der Waals surface area (Å²) in [6.45, 7) is 3.71. The fraction of sp³-hybridized carbons (Fsp3) is 0.316. The van der Waals surface area contributed by atoms with Crippen LogP contribution in [0.4, 0.5) is 5.69 Å². The van der Waals surface area contributed by atoms with E-state index >= 15 is 0 Å². The molecule has 28 heavy (non-hydrogen) atoms. The number of benzene rings is 2. The molecular weight excluding hydrogens is 384 g/mol. The average Bonchev–Trinajstić information content (AvgIpc) is 2.67. The average molecular weight is 406 g/mol. The molecule has 0 aliphatic carbocycles. The minimum absolute atomic E-state index is 0.172. The van der Waals surface area contributed by atoms with Crippen LogP contribution in [0.15, 0.2) is 53.4 Å². The zero-order valence-electron chi connectivity index (χ0n) is 15.8. The molecule has 8 nitrogen and oxygen atoms in total. The Bertz CT molecular complexity index is 939. The minimum atomic E-state index is -4.07. The van der Waals surface area contributed by atoms with Crippen molar-refractivity contribution in [3.8, 4) is 0 Å². The van der Waals surface area contributed by atoms with Gasteiger partial charge in [0.15, 0.2) is 0 Å². The summed E-state index contributed by atoms with van der Waals surface area (Å²) in [5.74, 6) is -1.09. The van der Waals surface area contributed by atoms with Gasteiger partial charge in [-0.05, 0) is 37.0 Å². The van der Waals surface area contributed by atoms with Crippen LogP contribution in [0.2, 0.25) is 0 Å². The predicted molar refractivity (Wildman–Crippen MR) is 103 cm³/mol. The van der Waals surface area contributed by atoms with Gasteiger partial charge >= 0.3 is 5.97 Å². The van der Waals surface area contributed by atoms with E-state index in [1.54, 1.807) is 6.92 Å². The van der Waals surface area contributed by atoms with E-state index in [9.17, 15) is 23.3 Å². The van der Waals surface area contributed by atoms with E-state index < -0.39 is 27.0 Å². The Balaban J connectivity index is 2.23. The first-order chi connectivity index (χ1) is 13.1. The number of sulfonamides is 1. The number of methoxy groups -OCH3 is 1. The summed E-state index contributed by atoms with van der Waals surface area (Å²) in [7, 11) is -2.89. The second-order valence-corrected chi connectivity index (χ2v) is 8.25. The molecule has 9 heteroatoms. The van der Waals surface area contributed by atoms with Crippen LogP contribution in [0.3, 0.4) is 0 Å². The largest absolute Gasteiger partial charge is 0.468 e. The Morgan fingerprint density at radius 1 is 1.14 bits per heavy atom. The van der Waals surface area contributed by atoms with Gasteiger partial charge in [-0.25, -0.2) is 8.42 Å². The molecule has 0 bridgehead atoms. The lowest BCUT2D eigenvalue weighted by Crippen LogP contribution is -2.46. The molecule has 1 N–H and O–H groups in total. The van der Waals surface area contributed by atoms with Crippen molar-refractivity contribution in [1.82, 2.24) is 4.72 Å². The van der Waals surface area contributed by atoms with Crippen LogP contribution in [-0.4, -0.2) is 32.5 Å². The number of aryl methyl sites for hydroxylation is 1. The molecule has 150 valence electrons. The molecule has 0 heterocycles. The summed E-state index contributed by atoms with van der Waals surface area (Å²) < 4.78 is 32.4. The fourth-order valence-corrected chi connectivity index (χ4v) is 4.01. The Hall–Kier alpha value is -2.78. The summed E-state index contributed by atoms with van der Waals surface area (Å²) in [6, 6.07) is 11.1. The highest BCUT2D eigenvalue weighted by Crippen LogP contribution is 2.19. The molecule has 2 rings (SSSR count). The van der Waals surface area contributed by atoms with Crippen molar-refractivity contribution in [2.24, 2.45) is 5.92 Å². The maximum atomic E-state index is 12.7. The molecular formula is C19H22N2O6S. The number of nitrogens with zero attached hydrogens (tertiary/aromatic N) is 1. The van der Waals surface area contributed by atoms with E-state index in [4.69, 9.17) is 4.74 Å². The molecule has 2 atom stereocenters. The van der Waals surface area contributed by atoms with Gasteiger partial charge in [0.25, 0.3) is 5.69 Å². The molecule has 0 fully saturated rings. The van der Waals surface area contributed by atoms with Gasteiger partial charge in [-0.15, -0.1) is 0 Å². The summed E-state index contributed by atoms with van der Waals surface area (Å²) in [5, 5.41) is 10.7. The molecule has 2 aromatic carbocycles. The second-order valence-electron chi connectivity index (χ2n) is 6.54. The minimum Gasteiger partial charge on any atom is -0.468 e. The highest BCUT2D eigenvalue weighted by molar-refractivity contribution is 7.89. The summed E-state index contributed by atoms with van der Waals surface area (Å²) in [5.41, 5.74) is 1.83. The van der Waals surface area contributed by atoms with Crippen LogP contribution in [0.5, 0.6) is 0 Å². The van der Waals surface area contributed by atoms with Crippen LogP contribution in [0.25, 0.3) is 0 Å². The number of hydrogen-bond donors (Lipinski definition) is 1. The van der Waals surface area contributed by atoms with Crippen molar-refractivity contribution in [3.63, 3.8) is 0 Å². The highest BCUT2D eigenvalue weighted by atomic mass is 32.2. The molecule has 0 amide bonds. The van der Waals surface area contributed by atoms with Crippen LogP contribution in [0, 0.1) is 23.0 Å². The number of hydrogen-bond acceptors (Lipinski definition) is 6. The number of ether oxygens (including phenoxy) is 1. The normalized spacial score (nSPS) is 13.5. The van der Waals surface area contributed by atoms with Crippen molar-refractivity contribution in [3.05, 3.63) is 69.8 Å². The third-order valence-electron chi connectivity index (χ3n) is 4.34. The SMILES string of the molecule is COC(=O)[C@@H](NS(=O)(=O)c1ccc([N+](=O)[O-])cc1)[C@@H](C)Cc1ccc(C)cc1. The van der Waals surface area contributed by atoms with Crippen LogP contribution in [0.1, 0.15) is 18.1 Å². The first-order valence-electron chi connectivity index (χ1n) is 8.54. The van der Waals surface area contributed by atoms with Gasteiger partial charge in [0.1, 0.15) is 6.04 Å². The molecule has 0 saturated carbocycles. The van der Waals surface area contributed by atoms with E-state index in [0.717, 1.165) is 35.4 Å². The Morgan fingerprint density at radius 3 is 2.21 bits per heavy atom. The van der Waals surface area contributed by atoms with E-state index in [2.05, 4.69) is 4.72 Å². The highest BCUT2D eigenvalue weighted by Gasteiger charge is 2.31. The summed E-state index contributed by atoms with van der Waals surface area (Å²) >= 11 is 0. The van der Waals surface area contributed by atoms with Gasteiger partial charge in [0.05, 0.1) is 16.9 Å². The van der Waals surface area contributed by atoms with Gasteiger partial charge < -0.3 is 4.74 Å². The first-order valence-corrected chi connectivity index (χ1v) is 10.0. The van der Waals surface area contributed by atoms with Gasteiger partial charge in [0, 0.05) is 12.1 Å². The molecule has 0 spiro atoms. The van der Waals surface area contributed by atoms with Crippen molar-refractivity contribution in [2.45, 2.75) is 31.2 Å². The lowest BCUT2D eigenvalue weighted by atomic mass is 9.94. The van der Waals surface area contributed by atoms with Crippen molar-refractivity contribution in [1.29, 1.82) is 0 Å². The number of esters is 1. The zero-order valence-corrected chi connectivity index (χ0v) is 16.6. The van der Waals surface area contributed by atoms with E-state index in [-0.39, 0.29) is 16.5 Å². The first kappa shape index (κ1) is 21.5. The number of non-ortho nitro benzene ring substituents is 1. The van der Waals surface area contributed by atoms with Gasteiger partial charge in [0.2, 0.25) is 10.0 Å². The van der Waals surface area contributed by atoms with Gasteiger partial charge in [-0.3, -0.25) is 14.9 Å². The van der Waals surface area contributed by atoms with Crippen molar-refractivity contribution < 1.29 is 22.9 Å². The molecule has 0 radical (unpaired) electrons. The molecule has 0 aliphatic heterocycles. The van der Waals surface area contributed by atoms with Gasteiger partial charge in [-0.2, -0.15) is 4.72 Å². The van der Waals surface area contributed by atoms with E-state index in [1.165, 1.54) is 7.11 Å². The fourth-order valence-electron chi connectivity index (χ4n) is 2.72. The van der Waals surface area contributed by atoms with Crippen LogP contribution in [-0.2, 0) is 26.0 Å². The third-order valence-corrected chi connectivity index (χ3v) is 5.80. The topological polar surface area (TPSA) is 116 Å². The molecule has 2 aromatic rings. The molecule has 0 unspecified atom stereocenters. The van der Waals surface area contributed by atoms with E-state index in [0.29, 0.717) is 6.42 Å². The van der Waals surface area contributed by atoms with Crippen LogP contribution >= 0.6 is 0 Å². The molecule has 0 saturated heterocycles.